The van der Waals surface area contributed by atoms with E-state index in [1.165, 1.54) is 31.5 Å². The maximum atomic E-state index is 6.13. The summed E-state index contributed by atoms with van der Waals surface area (Å²) in [5.74, 6) is 2.71. The molecule has 2 heterocycles. The Bertz CT molecular complexity index is 341. The number of nitrogens with two attached hydrogens (primary N) is 1. The van der Waals surface area contributed by atoms with Crippen molar-refractivity contribution in [2.24, 2.45) is 0 Å². The number of hydrogen-bond donors (Lipinski definition) is 1. The third kappa shape index (κ3) is 1.87. The molecule has 1 aromatic rings. The minimum absolute atomic E-state index is 0.580. The Kier molecular flexibility index (Phi) is 2.98. The highest BCUT2D eigenvalue weighted by Crippen LogP contribution is 2.30. The molecule has 0 radical (unpaired) electrons. The van der Waals surface area contributed by atoms with E-state index in [1.54, 1.807) is 0 Å². The number of nitrogens with zero attached hydrogens (tertiary/aromatic N) is 2. The molecule has 0 saturated heterocycles. The van der Waals surface area contributed by atoms with Gasteiger partial charge in [-0.15, -0.1) is 0 Å². The van der Waals surface area contributed by atoms with Crippen LogP contribution in [0.3, 0.4) is 0 Å². The van der Waals surface area contributed by atoms with Crippen LogP contribution in [-0.2, 0) is 13.0 Å². The summed E-state index contributed by atoms with van der Waals surface area (Å²) >= 11 is 0. The molecule has 15 heavy (non-hydrogen) atoms. The molecule has 0 fully saturated rings. The number of fused-ring (bicyclic) bond motifs is 1. The van der Waals surface area contributed by atoms with Gasteiger partial charge in [-0.2, -0.15) is 0 Å². The molecule has 2 rings (SSSR count). The molecule has 0 bridgehead atoms. The molecular formula is C12H21N3. The van der Waals surface area contributed by atoms with E-state index in [0.29, 0.717) is 5.92 Å². The van der Waals surface area contributed by atoms with E-state index in [9.17, 15) is 0 Å². The summed E-state index contributed by atoms with van der Waals surface area (Å²) in [5, 5.41) is 0. The largest absolute Gasteiger partial charge is 0.384 e. The Morgan fingerprint density at radius 1 is 1.53 bits per heavy atom. The van der Waals surface area contributed by atoms with Gasteiger partial charge in [-0.25, -0.2) is 4.98 Å². The van der Waals surface area contributed by atoms with Crippen LogP contribution < -0.4 is 5.73 Å². The van der Waals surface area contributed by atoms with Gasteiger partial charge in [0.15, 0.2) is 0 Å². The van der Waals surface area contributed by atoms with Gasteiger partial charge in [-0.05, 0) is 25.7 Å². The van der Waals surface area contributed by atoms with Gasteiger partial charge in [-0.1, -0.05) is 20.3 Å². The first-order valence-corrected chi connectivity index (χ1v) is 6.08. The molecule has 1 aromatic heterocycles. The van der Waals surface area contributed by atoms with Crippen molar-refractivity contribution in [2.75, 3.05) is 5.73 Å². The number of anilines is 1. The topological polar surface area (TPSA) is 43.8 Å². The molecule has 1 aliphatic rings. The summed E-state index contributed by atoms with van der Waals surface area (Å²) in [6.45, 7) is 5.51. The molecule has 0 saturated carbocycles. The number of imidazole rings is 1. The summed E-state index contributed by atoms with van der Waals surface area (Å²) < 4.78 is 2.22. The lowest BCUT2D eigenvalue weighted by Gasteiger charge is -2.20. The van der Waals surface area contributed by atoms with Crippen molar-refractivity contribution in [3.63, 3.8) is 0 Å². The van der Waals surface area contributed by atoms with E-state index in [-0.39, 0.29) is 0 Å². The monoisotopic (exact) mass is 207 g/mol. The van der Waals surface area contributed by atoms with Crippen LogP contribution in [-0.4, -0.2) is 9.55 Å². The number of rotatable bonds is 3. The molecule has 1 unspecified atom stereocenters. The lowest BCUT2D eigenvalue weighted by molar-refractivity contribution is 0.467. The molecule has 84 valence electrons. The molecule has 3 heteroatoms. The summed E-state index contributed by atoms with van der Waals surface area (Å²) in [6, 6.07) is 0. The van der Waals surface area contributed by atoms with Crippen molar-refractivity contribution in [2.45, 2.75) is 58.4 Å². The number of hydrogen-bond acceptors (Lipinski definition) is 2. The summed E-state index contributed by atoms with van der Waals surface area (Å²) in [5.41, 5.74) is 7.25. The maximum Gasteiger partial charge on any atom is 0.126 e. The molecule has 3 nitrogen and oxygen atoms in total. The standard InChI is InChI=1S/C12H21N3/c1-3-4-7-10-11(13)15-8-5-6-9(2)12(15)14-10/h9H,3-8,13H2,1-2H3. The first-order valence-electron chi connectivity index (χ1n) is 6.08. The Morgan fingerprint density at radius 2 is 2.33 bits per heavy atom. The Morgan fingerprint density at radius 3 is 3.00 bits per heavy atom. The zero-order valence-electron chi connectivity index (χ0n) is 9.79. The van der Waals surface area contributed by atoms with Crippen LogP contribution in [0.15, 0.2) is 0 Å². The normalized spacial score (nSPS) is 20.3. The molecular weight excluding hydrogens is 186 g/mol. The van der Waals surface area contributed by atoms with E-state index in [1.807, 2.05) is 0 Å². The maximum absolute atomic E-state index is 6.13. The Labute approximate surface area is 91.7 Å². The smallest absolute Gasteiger partial charge is 0.126 e. The number of aryl methyl sites for hydroxylation is 1. The fourth-order valence-corrected chi connectivity index (χ4v) is 2.36. The quantitative estimate of drug-likeness (QED) is 0.828. The van der Waals surface area contributed by atoms with Crippen molar-refractivity contribution >= 4 is 5.82 Å². The van der Waals surface area contributed by atoms with Gasteiger partial charge < -0.3 is 10.3 Å². The van der Waals surface area contributed by atoms with Gasteiger partial charge >= 0.3 is 0 Å². The average molecular weight is 207 g/mol. The van der Waals surface area contributed by atoms with Gasteiger partial charge in [0.05, 0.1) is 5.69 Å². The first-order chi connectivity index (χ1) is 7.24. The predicted octanol–water partition coefficient (Wildman–Crippen LogP) is 2.71. The Hall–Kier alpha value is -0.990. The van der Waals surface area contributed by atoms with E-state index < -0.39 is 0 Å². The molecule has 0 spiro atoms. The molecule has 1 aliphatic heterocycles. The number of unbranched alkanes of at least 4 members (excludes halogenated alkanes) is 1. The van der Waals surface area contributed by atoms with Gasteiger partial charge in [-0.3, -0.25) is 0 Å². The molecule has 0 aromatic carbocycles. The van der Waals surface area contributed by atoms with Gasteiger partial charge in [0.2, 0.25) is 0 Å². The highest BCUT2D eigenvalue weighted by Gasteiger charge is 2.22. The first kappa shape index (κ1) is 10.5. The van der Waals surface area contributed by atoms with Crippen molar-refractivity contribution in [1.29, 1.82) is 0 Å². The van der Waals surface area contributed by atoms with Crippen LogP contribution in [0.4, 0.5) is 5.82 Å². The van der Waals surface area contributed by atoms with Crippen molar-refractivity contribution in [1.82, 2.24) is 9.55 Å². The third-order valence-electron chi connectivity index (χ3n) is 3.34. The fourth-order valence-electron chi connectivity index (χ4n) is 2.36. The van der Waals surface area contributed by atoms with Crippen molar-refractivity contribution in [3.8, 4) is 0 Å². The van der Waals surface area contributed by atoms with Crippen LogP contribution in [0.2, 0.25) is 0 Å². The fraction of sp³-hybridized carbons (Fsp3) is 0.750. The summed E-state index contributed by atoms with van der Waals surface area (Å²) in [7, 11) is 0. The lowest BCUT2D eigenvalue weighted by atomic mass is 10.0. The van der Waals surface area contributed by atoms with Crippen LogP contribution >= 0.6 is 0 Å². The lowest BCUT2D eigenvalue weighted by Crippen LogP contribution is -2.15. The summed E-state index contributed by atoms with van der Waals surface area (Å²) in [4.78, 5) is 4.71. The Balaban J connectivity index is 2.26. The summed E-state index contributed by atoms with van der Waals surface area (Å²) in [6.07, 6.45) is 5.92. The zero-order chi connectivity index (χ0) is 10.8. The van der Waals surface area contributed by atoms with Gasteiger partial charge in [0.1, 0.15) is 11.6 Å². The highest BCUT2D eigenvalue weighted by molar-refractivity contribution is 5.39. The molecule has 0 amide bonds. The minimum atomic E-state index is 0.580. The number of aromatic nitrogens is 2. The molecule has 2 N–H and O–H groups in total. The van der Waals surface area contributed by atoms with E-state index in [4.69, 9.17) is 10.7 Å². The second kappa shape index (κ2) is 4.25. The third-order valence-corrected chi connectivity index (χ3v) is 3.34. The molecule has 1 atom stereocenters. The van der Waals surface area contributed by atoms with Crippen molar-refractivity contribution < 1.29 is 0 Å². The predicted molar refractivity (Wildman–Crippen MR) is 62.9 cm³/mol. The average Bonchev–Trinajstić information content (AvgIpc) is 2.55. The minimum Gasteiger partial charge on any atom is -0.384 e. The van der Waals surface area contributed by atoms with Gasteiger partial charge in [0, 0.05) is 12.5 Å². The van der Waals surface area contributed by atoms with Crippen LogP contribution in [0.5, 0.6) is 0 Å². The van der Waals surface area contributed by atoms with Crippen LogP contribution in [0, 0.1) is 0 Å². The second-order valence-electron chi connectivity index (χ2n) is 4.60. The zero-order valence-corrected chi connectivity index (χ0v) is 9.79. The molecule has 0 aliphatic carbocycles. The van der Waals surface area contributed by atoms with Crippen molar-refractivity contribution in [3.05, 3.63) is 11.5 Å². The SMILES string of the molecule is CCCCc1nc2n(c1N)CCCC2C. The van der Waals surface area contributed by atoms with Crippen LogP contribution in [0.1, 0.15) is 57.0 Å². The van der Waals surface area contributed by atoms with E-state index >= 15 is 0 Å². The second-order valence-corrected chi connectivity index (χ2v) is 4.60. The highest BCUT2D eigenvalue weighted by atomic mass is 15.2. The van der Waals surface area contributed by atoms with Gasteiger partial charge in [0.25, 0.3) is 0 Å². The number of nitrogen functional groups attached to an aromatic ring is 1. The van der Waals surface area contributed by atoms with Crippen LogP contribution in [0.25, 0.3) is 0 Å². The van der Waals surface area contributed by atoms with E-state index in [2.05, 4.69) is 18.4 Å². The van der Waals surface area contributed by atoms with E-state index in [0.717, 1.165) is 24.5 Å².